The molecule has 0 heterocycles. The quantitative estimate of drug-likeness (QED) is 0.0264. The van der Waals surface area contributed by atoms with Gasteiger partial charge in [0, 0.05) is 19.3 Å². The maximum absolute atomic E-state index is 12.7. The third-order valence-corrected chi connectivity index (χ3v) is 11.0. The molecule has 0 aromatic carbocycles. The maximum Gasteiger partial charge on any atom is 0.306 e. The average molecular weight is 803 g/mol. The second kappa shape index (κ2) is 46.6. The van der Waals surface area contributed by atoms with E-state index < -0.39 is 6.10 Å². The van der Waals surface area contributed by atoms with Gasteiger partial charge >= 0.3 is 17.9 Å². The summed E-state index contributed by atoms with van der Waals surface area (Å²) in [6.07, 6.45) is 51.6. The SMILES string of the molecule is CCCCC/C=C\C=C/CCCCCCCCCCCCC(=O)OCC(COC(=O)CCCCCCCCCCCC)OC(=O)CCCCCCCCCCCC. The molecule has 0 aliphatic rings. The first kappa shape index (κ1) is 54.9. The van der Waals surface area contributed by atoms with Crippen LogP contribution in [0.1, 0.15) is 265 Å². The van der Waals surface area contributed by atoms with Crippen LogP contribution in [0.4, 0.5) is 0 Å². The Bertz CT molecular complexity index is 927. The van der Waals surface area contributed by atoms with E-state index in [0.29, 0.717) is 19.3 Å². The van der Waals surface area contributed by atoms with Crippen molar-refractivity contribution in [3.63, 3.8) is 0 Å². The maximum atomic E-state index is 12.7. The van der Waals surface area contributed by atoms with Gasteiger partial charge < -0.3 is 14.2 Å². The van der Waals surface area contributed by atoms with Gasteiger partial charge in [-0.3, -0.25) is 14.4 Å². The molecule has 0 N–H and O–H groups in total. The first-order chi connectivity index (χ1) is 28.0. The summed E-state index contributed by atoms with van der Waals surface area (Å²) in [6.45, 7) is 6.60. The lowest BCUT2D eigenvalue weighted by atomic mass is 10.1. The fourth-order valence-electron chi connectivity index (χ4n) is 7.20. The van der Waals surface area contributed by atoms with Crippen molar-refractivity contribution in [2.75, 3.05) is 13.2 Å². The van der Waals surface area contributed by atoms with Crippen molar-refractivity contribution in [2.24, 2.45) is 0 Å². The molecule has 0 amide bonds. The van der Waals surface area contributed by atoms with Crippen molar-refractivity contribution in [1.82, 2.24) is 0 Å². The predicted molar refractivity (Wildman–Crippen MR) is 243 cm³/mol. The molecule has 0 bridgehead atoms. The monoisotopic (exact) mass is 803 g/mol. The molecule has 1 unspecified atom stereocenters. The molecule has 1 atom stereocenters. The van der Waals surface area contributed by atoms with Gasteiger partial charge in [-0.05, 0) is 44.9 Å². The zero-order chi connectivity index (χ0) is 41.5. The lowest BCUT2D eigenvalue weighted by Crippen LogP contribution is -2.30. The lowest BCUT2D eigenvalue weighted by molar-refractivity contribution is -0.167. The summed E-state index contributed by atoms with van der Waals surface area (Å²) in [4.78, 5) is 37.8. The Morgan fingerprint density at radius 1 is 0.351 bits per heavy atom. The minimum atomic E-state index is -0.764. The number of allylic oxidation sites excluding steroid dienone is 4. The molecule has 0 saturated carbocycles. The summed E-state index contributed by atoms with van der Waals surface area (Å²) < 4.78 is 16.7. The van der Waals surface area contributed by atoms with Gasteiger partial charge in [0.1, 0.15) is 13.2 Å². The number of rotatable bonds is 45. The molecular weight excluding hydrogens is 709 g/mol. The predicted octanol–water partition coefficient (Wildman–Crippen LogP) is 16.0. The Labute approximate surface area is 353 Å². The zero-order valence-corrected chi connectivity index (χ0v) is 38.1. The minimum Gasteiger partial charge on any atom is -0.462 e. The van der Waals surface area contributed by atoms with E-state index in [4.69, 9.17) is 14.2 Å². The van der Waals surface area contributed by atoms with Crippen LogP contribution in [0.15, 0.2) is 24.3 Å². The molecule has 0 rings (SSSR count). The van der Waals surface area contributed by atoms with Crippen molar-refractivity contribution >= 4 is 17.9 Å². The number of ether oxygens (including phenoxy) is 3. The Morgan fingerprint density at radius 2 is 0.614 bits per heavy atom. The molecule has 57 heavy (non-hydrogen) atoms. The third kappa shape index (κ3) is 44.8. The van der Waals surface area contributed by atoms with Crippen LogP contribution in [-0.2, 0) is 28.6 Å². The van der Waals surface area contributed by atoms with Gasteiger partial charge in [-0.2, -0.15) is 0 Å². The van der Waals surface area contributed by atoms with E-state index in [1.807, 2.05) is 0 Å². The number of carbonyl (C=O) groups is 3. The highest BCUT2D eigenvalue weighted by Crippen LogP contribution is 2.15. The van der Waals surface area contributed by atoms with E-state index in [9.17, 15) is 14.4 Å². The van der Waals surface area contributed by atoms with Gasteiger partial charge in [-0.15, -0.1) is 0 Å². The third-order valence-electron chi connectivity index (χ3n) is 11.0. The molecule has 0 spiro atoms. The topological polar surface area (TPSA) is 78.9 Å². The van der Waals surface area contributed by atoms with E-state index in [1.165, 1.54) is 167 Å². The Hall–Kier alpha value is -2.11. The van der Waals surface area contributed by atoms with Crippen molar-refractivity contribution in [2.45, 2.75) is 271 Å². The smallest absolute Gasteiger partial charge is 0.306 e. The molecule has 0 aliphatic carbocycles. The van der Waals surface area contributed by atoms with Crippen LogP contribution in [0.5, 0.6) is 0 Å². The number of esters is 3. The van der Waals surface area contributed by atoms with Crippen LogP contribution in [0.25, 0.3) is 0 Å². The fraction of sp³-hybridized carbons (Fsp3) is 0.863. The van der Waals surface area contributed by atoms with Crippen LogP contribution in [0, 0.1) is 0 Å². The van der Waals surface area contributed by atoms with E-state index >= 15 is 0 Å². The van der Waals surface area contributed by atoms with Crippen molar-refractivity contribution in [1.29, 1.82) is 0 Å². The summed E-state index contributed by atoms with van der Waals surface area (Å²) in [6, 6.07) is 0. The van der Waals surface area contributed by atoms with E-state index in [-0.39, 0.29) is 31.1 Å². The molecule has 0 fully saturated rings. The van der Waals surface area contributed by atoms with Crippen LogP contribution in [0.2, 0.25) is 0 Å². The minimum absolute atomic E-state index is 0.0679. The number of carbonyl (C=O) groups excluding carboxylic acids is 3. The van der Waals surface area contributed by atoms with Crippen molar-refractivity contribution in [3.05, 3.63) is 24.3 Å². The molecule has 6 heteroatoms. The summed E-state index contributed by atoms with van der Waals surface area (Å²) in [5, 5.41) is 0. The van der Waals surface area contributed by atoms with E-state index in [2.05, 4.69) is 45.1 Å². The first-order valence-corrected chi connectivity index (χ1v) is 24.9. The van der Waals surface area contributed by atoms with Gasteiger partial charge in [-0.1, -0.05) is 225 Å². The molecule has 6 nitrogen and oxygen atoms in total. The fourth-order valence-corrected chi connectivity index (χ4v) is 7.20. The largest absolute Gasteiger partial charge is 0.462 e. The highest BCUT2D eigenvalue weighted by molar-refractivity contribution is 5.71. The molecule has 0 aliphatic heterocycles. The normalized spacial score (nSPS) is 12.1. The second-order valence-electron chi connectivity index (χ2n) is 16.8. The van der Waals surface area contributed by atoms with Crippen LogP contribution < -0.4 is 0 Å². The average Bonchev–Trinajstić information content (AvgIpc) is 3.21. The second-order valence-corrected chi connectivity index (χ2v) is 16.8. The molecule has 0 saturated heterocycles. The number of unbranched alkanes of at least 4 members (excludes halogenated alkanes) is 31. The highest BCUT2D eigenvalue weighted by Gasteiger charge is 2.19. The summed E-state index contributed by atoms with van der Waals surface area (Å²) in [5.74, 6) is -0.865. The summed E-state index contributed by atoms with van der Waals surface area (Å²) in [7, 11) is 0. The van der Waals surface area contributed by atoms with Gasteiger partial charge in [0.2, 0.25) is 0 Å². The lowest BCUT2D eigenvalue weighted by Gasteiger charge is -2.18. The highest BCUT2D eigenvalue weighted by atomic mass is 16.6. The summed E-state index contributed by atoms with van der Waals surface area (Å²) >= 11 is 0. The Morgan fingerprint density at radius 3 is 0.965 bits per heavy atom. The van der Waals surface area contributed by atoms with Gasteiger partial charge in [0.05, 0.1) is 0 Å². The van der Waals surface area contributed by atoms with Gasteiger partial charge in [0.25, 0.3) is 0 Å². The number of hydrogen-bond acceptors (Lipinski definition) is 6. The molecular formula is C51H94O6. The van der Waals surface area contributed by atoms with Crippen LogP contribution >= 0.6 is 0 Å². The molecule has 0 aromatic heterocycles. The van der Waals surface area contributed by atoms with Crippen LogP contribution in [0.3, 0.4) is 0 Å². The molecule has 334 valence electrons. The zero-order valence-electron chi connectivity index (χ0n) is 38.1. The van der Waals surface area contributed by atoms with Crippen LogP contribution in [-0.4, -0.2) is 37.2 Å². The summed E-state index contributed by atoms with van der Waals surface area (Å²) in [5.41, 5.74) is 0. The van der Waals surface area contributed by atoms with E-state index in [1.54, 1.807) is 0 Å². The van der Waals surface area contributed by atoms with Gasteiger partial charge in [-0.25, -0.2) is 0 Å². The first-order valence-electron chi connectivity index (χ1n) is 24.9. The molecule has 0 radical (unpaired) electrons. The van der Waals surface area contributed by atoms with E-state index in [0.717, 1.165) is 57.8 Å². The van der Waals surface area contributed by atoms with Gasteiger partial charge in [0.15, 0.2) is 6.10 Å². The number of hydrogen-bond donors (Lipinski definition) is 0. The van der Waals surface area contributed by atoms with Crippen molar-refractivity contribution < 1.29 is 28.6 Å². The Kier molecular flexibility index (Phi) is 44.9. The Balaban J connectivity index is 4.24. The van der Waals surface area contributed by atoms with Crippen molar-refractivity contribution in [3.8, 4) is 0 Å². The standard InChI is InChI=1S/C51H94O6/c1-4-7-10-13-16-19-22-23-24-25-26-27-28-29-30-33-35-38-41-44-50(53)56-47-48(57-51(54)45-42-39-36-32-21-18-15-12-9-6-3)46-55-49(52)43-40-37-34-31-20-17-14-11-8-5-2/h16,19,22-23,48H,4-15,17-18,20-21,24-47H2,1-3H3/b19-16-,23-22-. The molecule has 0 aromatic rings.